The number of rotatable bonds is 5. The number of hydrogen-bond donors (Lipinski definition) is 1. The highest BCUT2D eigenvalue weighted by Gasteiger charge is 2.22. The molecule has 0 saturated heterocycles. The molecule has 0 unspecified atom stereocenters. The number of carbonyl (C=O) groups excluding carboxylic acids is 1. The first kappa shape index (κ1) is 18.3. The summed E-state index contributed by atoms with van der Waals surface area (Å²) in [5, 5.41) is 5.11. The van der Waals surface area contributed by atoms with Gasteiger partial charge in [0.1, 0.15) is 5.75 Å². The number of benzene rings is 2. The maximum atomic E-state index is 12.2. The standard InChI is InChI=1S/C21H21ClN2O2S/c1-24-10-9-15-17(22)7-8-18-21(15)16(12-24)19(27-18)11-23-20(25)13-26-14-5-3-2-4-6-14/h2-8H,9-13H2,1H3,(H,23,25). The normalized spacial score (nSPS) is 14.1. The molecule has 2 heterocycles. The molecule has 0 atom stereocenters. The molecule has 1 aliphatic heterocycles. The SMILES string of the molecule is CN1CCc2c(Cl)ccc3sc(CNC(=O)COc4ccccc4)c(c23)C1. The van der Waals surface area contributed by atoms with Gasteiger partial charge in [0.2, 0.25) is 0 Å². The number of amides is 1. The highest BCUT2D eigenvalue weighted by molar-refractivity contribution is 7.19. The first-order chi connectivity index (χ1) is 13.1. The lowest BCUT2D eigenvalue weighted by Crippen LogP contribution is -2.28. The van der Waals surface area contributed by atoms with Crippen LogP contribution in [0.5, 0.6) is 5.75 Å². The molecule has 0 saturated carbocycles. The van der Waals surface area contributed by atoms with Crippen LogP contribution in [0.2, 0.25) is 5.02 Å². The first-order valence-electron chi connectivity index (χ1n) is 8.96. The Labute approximate surface area is 167 Å². The summed E-state index contributed by atoms with van der Waals surface area (Å²) < 4.78 is 6.76. The molecule has 4 nitrogen and oxygen atoms in total. The molecule has 0 radical (unpaired) electrons. The summed E-state index contributed by atoms with van der Waals surface area (Å²) in [6, 6.07) is 13.4. The van der Waals surface area contributed by atoms with Crippen molar-refractivity contribution < 1.29 is 9.53 Å². The molecule has 140 valence electrons. The van der Waals surface area contributed by atoms with Gasteiger partial charge in [-0.1, -0.05) is 29.8 Å². The third-order valence-corrected chi connectivity index (χ3v) is 6.37. The Kier molecular flexibility index (Phi) is 5.34. The maximum Gasteiger partial charge on any atom is 0.258 e. The average molecular weight is 401 g/mol. The number of carbonyl (C=O) groups is 1. The van der Waals surface area contributed by atoms with E-state index in [0.29, 0.717) is 12.3 Å². The Bertz CT molecular complexity index is 971. The number of ether oxygens (including phenoxy) is 1. The summed E-state index contributed by atoms with van der Waals surface area (Å²) in [4.78, 5) is 15.7. The van der Waals surface area contributed by atoms with Crippen LogP contribution in [-0.4, -0.2) is 31.0 Å². The Balaban J connectivity index is 1.50. The second-order valence-corrected chi connectivity index (χ2v) is 8.31. The minimum Gasteiger partial charge on any atom is -0.484 e. The van der Waals surface area contributed by atoms with Crippen molar-refractivity contribution in [2.45, 2.75) is 19.5 Å². The zero-order valence-corrected chi connectivity index (χ0v) is 16.7. The first-order valence-corrected chi connectivity index (χ1v) is 10.2. The predicted octanol–water partition coefficient (Wildman–Crippen LogP) is 4.24. The zero-order chi connectivity index (χ0) is 18.8. The molecule has 1 amide bonds. The fourth-order valence-corrected chi connectivity index (χ4v) is 4.89. The van der Waals surface area contributed by atoms with Crippen molar-refractivity contribution in [2.75, 3.05) is 20.2 Å². The minimum atomic E-state index is -0.122. The quantitative estimate of drug-likeness (QED) is 0.696. The van der Waals surface area contributed by atoms with Gasteiger partial charge in [0, 0.05) is 33.1 Å². The molecule has 0 fully saturated rings. The van der Waals surface area contributed by atoms with Crippen molar-refractivity contribution in [3.8, 4) is 5.75 Å². The summed E-state index contributed by atoms with van der Waals surface area (Å²) in [5.74, 6) is 0.575. The Morgan fingerprint density at radius 3 is 2.85 bits per heavy atom. The molecule has 6 heteroatoms. The van der Waals surface area contributed by atoms with E-state index in [1.165, 1.54) is 26.1 Å². The number of thiophene rings is 1. The van der Waals surface area contributed by atoms with Crippen molar-refractivity contribution in [1.29, 1.82) is 0 Å². The molecule has 4 rings (SSSR count). The second-order valence-electron chi connectivity index (χ2n) is 6.77. The third kappa shape index (κ3) is 3.95. The summed E-state index contributed by atoms with van der Waals surface area (Å²) in [6.07, 6.45) is 0.952. The average Bonchev–Trinajstić information content (AvgIpc) is 2.91. The van der Waals surface area contributed by atoms with E-state index in [-0.39, 0.29) is 12.5 Å². The fraction of sp³-hybridized carbons (Fsp3) is 0.286. The molecule has 0 spiro atoms. The van der Waals surface area contributed by atoms with Crippen molar-refractivity contribution >= 4 is 38.9 Å². The topological polar surface area (TPSA) is 41.6 Å². The lowest BCUT2D eigenvalue weighted by atomic mass is 10.0. The molecule has 0 bridgehead atoms. The van der Waals surface area contributed by atoms with Gasteiger partial charge in [-0.05, 0) is 48.9 Å². The van der Waals surface area contributed by atoms with E-state index in [9.17, 15) is 4.79 Å². The molecular weight excluding hydrogens is 380 g/mol. The summed E-state index contributed by atoms with van der Waals surface area (Å²) in [7, 11) is 2.12. The summed E-state index contributed by atoms with van der Waals surface area (Å²) >= 11 is 8.20. The molecule has 2 aromatic carbocycles. The van der Waals surface area contributed by atoms with Gasteiger partial charge in [0.25, 0.3) is 5.91 Å². The number of nitrogens with zero attached hydrogens (tertiary/aromatic N) is 1. The third-order valence-electron chi connectivity index (χ3n) is 4.82. The molecule has 1 N–H and O–H groups in total. The minimum absolute atomic E-state index is 0.0151. The van der Waals surface area contributed by atoms with Crippen molar-refractivity contribution in [3.05, 3.63) is 63.5 Å². The van der Waals surface area contributed by atoms with E-state index < -0.39 is 0 Å². The highest BCUT2D eigenvalue weighted by atomic mass is 35.5. The van der Waals surface area contributed by atoms with Gasteiger partial charge in [-0.15, -0.1) is 11.3 Å². The Morgan fingerprint density at radius 2 is 2.04 bits per heavy atom. The van der Waals surface area contributed by atoms with Crippen LogP contribution in [0.15, 0.2) is 42.5 Å². The van der Waals surface area contributed by atoms with Gasteiger partial charge in [-0.3, -0.25) is 4.79 Å². The largest absolute Gasteiger partial charge is 0.484 e. The van der Waals surface area contributed by atoms with Gasteiger partial charge in [-0.2, -0.15) is 0 Å². The zero-order valence-electron chi connectivity index (χ0n) is 15.1. The second kappa shape index (κ2) is 7.89. The van der Waals surface area contributed by atoms with Crippen molar-refractivity contribution in [3.63, 3.8) is 0 Å². The van der Waals surface area contributed by atoms with Crippen LogP contribution in [0.25, 0.3) is 10.1 Å². The van der Waals surface area contributed by atoms with E-state index in [1.807, 2.05) is 36.4 Å². The Morgan fingerprint density at radius 1 is 1.22 bits per heavy atom. The number of halogens is 1. The van der Waals surface area contributed by atoms with Crippen molar-refractivity contribution in [1.82, 2.24) is 10.2 Å². The highest BCUT2D eigenvalue weighted by Crippen LogP contribution is 2.39. The van der Waals surface area contributed by atoms with Gasteiger partial charge in [0.15, 0.2) is 6.61 Å². The summed E-state index contributed by atoms with van der Waals surface area (Å²) in [5.41, 5.74) is 2.52. The van der Waals surface area contributed by atoms with E-state index in [0.717, 1.165) is 24.5 Å². The van der Waals surface area contributed by atoms with Crippen molar-refractivity contribution in [2.24, 2.45) is 0 Å². The monoisotopic (exact) mass is 400 g/mol. The predicted molar refractivity (Wildman–Crippen MR) is 111 cm³/mol. The van der Waals surface area contributed by atoms with Crippen LogP contribution in [0, 0.1) is 0 Å². The smallest absolute Gasteiger partial charge is 0.258 e. The van der Waals surface area contributed by atoms with Gasteiger partial charge in [-0.25, -0.2) is 0 Å². The van der Waals surface area contributed by atoms with Gasteiger partial charge in [0.05, 0.1) is 6.54 Å². The maximum absolute atomic E-state index is 12.2. The molecule has 1 aliphatic rings. The lowest BCUT2D eigenvalue weighted by molar-refractivity contribution is -0.123. The van der Waals surface area contributed by atoms with E-state index in [4.69, 9.17) is 16.3 Å². The van der Waals surface area contributed by atoms with Crippen LogP contribution in [-0.2, 0) is 24.3 Å². The van der Waals surface area contributed by atoms with E-state index >= 15 is 0 Å². The summed E-state index contributed by atoms with van der Waals surface area (Å²) in [6.45, 7) is 2.38. The van der Waals surface area contributed by atoms with Crippen LogP contribution in [0.3, 0.4) is 0 Å². The number of likely N-dealkylation sites (N-methyl/N-ethyl adjacent to an activating group) is 1. The Hall–Kier alpha value is -2.08. The molecular formula is C21H21ClN2O2S. The number of hydrogen-bond acceptors (Lipinski definition) is 4. The lowest BCUT2D eigenvalue weighted by Gasteiger charge is -2.14. The molecule has 1 aromatic heterocycles. The molecule has 27 heavy (non-hydrogen) atoms. The molecule has 0 aliphatic carbocycles. The fourth-order valence-electron chi connectivity index (χ4n) is 3.45. The van der Waals surface area contributed by atoms with Crippen LogP contribution >= 0.6 is 22.9 Å². The number of nitrogens with one attached hydrogen (secondary N) is 1. The van der Waals surface area contributed by atoms with Crippen LogP contribution in [0.4, 0.5) is 0 Å². The van der Waals surface area contributed by atoms with E-state index in [2.05, 4.69) is 23.3 Å². The molecule has 3 aromatic rings. The van der Waals surface area contributed by atoms with Crippen LogP contribution in [0.1, 0.15) is 16.0 Å². The van der Waals surface area contributed by atoms with E-state index in [1.54, 1.807) is 11.3 Å². The van der Waals surface area contributed by atoms with Gasteiger partial charge >= 0.3 is 0 Å². The number of para-hydroxylation sites is 1. The van der Waals surface area contributed by atoms with Gasteiger partial charge < -0.3 is 15.0 Å². The van der Waals surface area contributed by atoms with Crippen LogP contribution < -0.4 is 10.1 Å².